The van der Waals surface area contributed by atoms with Crippen molar-refractivity contribution >= 4 is 34.3 Å². The van der Waals surface area contributed by atoms with E-state index in [2.05, 4.69) is 15.3 Å². The second kappa shape index (κ2) is 6.44. The molecule has 27 heavy (non-hydrogen) atoms. The number of esters is 1. The van der Waals surface area contributed by atoms with Gasteiger partial charge in [-0.15, -0.1) is 10.2 Å². The van der Waals surface area contributed by atoms with E-state index in [0.717, 1.165) is 0 Å². The van der Waals surface area contributed by atoms with Crippen molar-refractivity contribution in [2.24, 2.45) is 0 Å². The Balaban J connectivity index is 1.92. The van der Waals surface area contributed by atoms with Gasteiger partial charge in [0.05, 0.1) is 23.5 Å². The molecule has 0 amide bonds. The van der Waals surface area contributed by atoms with Crippen molar-refractivity contribution in [1.29, 1.82) is 0 Å². The summed E-state index contributed by atoms with van der Waals surface area (Å²) in [4.78, 5) is 24.8. The molecular formula is C17H11ClFN5O3. The van der Waals surface area contributed by atoms with Gasteiger partial charge in [0.15, 0.2) is 11.2 Å². The zero-order valence-electron chi connectivity index (χ0n) is 13.9. The average Bonchev–Trinajstić information content (AvgIpc) is 3.09. The monoisotopic (exact) mass is 387 g/mol. The number of hydrogen-bond acceptors (Lipinski definition) is 6. The number of carbonyl (C=O) groups excluding carboxylic acids is 1. The molecule has 0 saturated heterocycles. The molecule has 3 heterocycles. The van der Waals surface area contributed by atoms with Gasteiger partial charge in [-0.05, 0) is 31.2 Å². The van der Waals surface area contributed by atoms with Crippen molar-refractivity contribution in [2.45, 2.75) is 6.92 Å². The van der Waals surface area contributed by atoms with Crippen LogP contribution in [0.5, 0.6) is 0 Å². The standard InChI is InChI=1S/C17H11ClFN5O3/c1-2-27-17(26)10-8-20-24-13-5-6-23(9-3-4-12(19)11(18)7-9)16(25)14(13)21-22-15(10)24/h3-8H,2H2,1H3. The normalized spacial score (nSPS) is 11.2. The van der Waals surface area contributed by atoms with Crippen molar-refractivity contribution in [3.8, 4) is 5.69 Å². The van der Waals surface area contributed by atoms with Gasteiger partial charge in [-0.1, -0.05) is 11.6 Å². The van der Waals surface area contributed by atoms with Gasteiger partial charge in [0, 0.05) is 6.20 Å². The predicted octanol–water partition coefficient (Wildman–Crippen LogP) is 2.40. The lowest BCUT2D eigenvalue weighted by molar-refractivity contribution is 0.0528. The summed E-state index contributed by atoms with van der Waals surface area (Å²) in [5.41, 5.74) is 0.623. The van der Waals surface area contributed by atoms with Crippen LogP contribution in [0.25, 0.3) is 22.4 Å². The number of carbonyl (C=O) groups is 1. The summed E-state index contributed by atoms with van der Waals surface area (Å²) in [6.07, 6.45) is 2.80. The zero-order valence-corrected chi connectivity index (χ0v) is 14.6. The molecule has 0 aliphatic heterocycles. The molecule has 0 fully saturated rings. The summed E-state index contributed by atoms with van der Waals surface area (Å²) in [6.45, 7) is 1.90. The maximum absolute atomic E-state index is 13.4. The molecule has 0 N–H and O–H groups in total. The molecule has 1 aromatic carbocycles. The Morgan fingerprint density at radius 2 is 2.11 bits per heavy atom. The smallest absolute Gasteiger partial charge is 0.343 e. The highest BCUT2D eigenvalue weighted by Gasteiger charge is 2.18. The van der Waals surface area contributed by atoms with Crippen molar-refractivity contribution in [3.63, 3.8) is 0 Å². The van der Waals surface area contributed by atoms with Crippen LogP contribution in [0.2, 0.25) is 5.02 Å². The molecule has 0 radical (unpaired) electrons. The number of benzene rings is 1. The quantitative estimate of drug-likeness (QED) is 0.501. The second-order valence-electron chi connectivity index (χ2n) is 5.54. The first-order valence-corrected chi connectivity index (χ1v) is 8.27. The van der Waals surface area contributed by atoms with E-state index in [1.165, 1.54) is 39.7 Å². The van der Waals surface area contributed by atoms with Crippen LogP contribution < -0.4 is 5.56 Å². The maximum atomic E-state index is 13.4. The van der Waals surface area contributed by atoms with Crippen LogP contribution in [0.1, 0.15) is 17.3 Å². The van der Waals surface area contributed by atoms with Gasteiger partial charge in [-0.3, -0.25) is 9.36 Å². The van der Waals surface area contributed by atoms with E-state index in [1.54, 1.807) is 13.0 Å². The molecule has 3 aromatic heterocycles. The fourth-order valence-corrected chi connectivity index (χ4v) is 2.86. The number of nitrogens with zero attached hydrogens (tertiary/aromatic N) is 5. The summed E-state index contributed by atoms with van der Waals surface area (Å²) in [5.74, 6) is -1.16. The van der Waals surface area contributed by atoms with Gasteiger partial charge in [0.2, 0.25) is 0 Å². The fraction of sp³-hybridized carbons (Fsp3) is 0.118. The third-order valence-corrected chi connectivity index (χ3v) is 4.23. The average molecular weight is 388 g/mol. The first-order valence-electron chi connectivity index (χ1n) is 7.89. The minimum absolute atomic E-state index is 0.0314. The number of halogens is 2. The summed E-state index contributed by atoms with van der Waals surface area (Å²) in [6, 6.07) is 5.52. The molecular weight excluding hydrogens is 377 g/mol. The molecule has 0 aliphatic carbocycles. The molecule has 0 bridgehead atoms. The number of aromatic nitrogens is 5. The molecule has 136 valence electrons. The maximum Gasteiger partial charge on any atom is 0.343 e. The van der Waals surface area contributed by atoms with Crippen molar-refractivity contribution in [2.75, 3.05) is 6.61 Å². The van der Waals surface area contributed by atoms with E-state index in [1.807, 2.05) is 0 Å². The lowest BCUT2D eigenvalue weighted by atomic mass is 10.3. The molecule has 4 aromatic rings. The van der Waals surface area contributed by atoms with Crippen LogP contribution in [-0.2, 0) is 4.74 Å². The van der Waals surface area contributed by atoms with E-state index in [0.29, 0.717) is 11.2 Å². The minimum atomic E-state index is -0.584. The first-order chi connectivity index (χ1) is 13.0. The number of rotatable bonds is 3. The molecule has 10 heteroatoms. The molecule has 8 nitrogen and oxygen atoms in total. The largest absolute Gasteiger partial charge is 0.462 e. The van der Waals surface area contributed by atoms with Crippen molar-refractivity contribution < 1.29 is 13.9 Å². The highest BCUT2D eigenvalue weighted by Crippen LogP contribution is 2.19. The summed E-state index contributed by atoms with van der Waals surface area (Å²) >= 11 is 5.79. The van der Waals surface area contributed by atoms with Crippen molar-refractivity contribution in [3.05, 3.63) is 63.4 Å². The third-order valence-electron chi connectivity index (χ3n) is 3.94. The Kier molecular flexibility index (Phi) is 4.08. The van der Waals surface area contributed by atoms with Crippen LogP contribution in [0.4, 0.5) is 4.39 Å². The Morgan fingerprint density at radius 3 is 2.85 bits per heavy atom. The molecule has 0 spiro atoms. The lowest BCUT2D eigenvalue weighted by Gasteiger charge is -2.08. The zero-order chi connectivity index (χ0) is 19.1. The van der Waals surface area contributed by atoms with Gasteiger partial charge in [-0.2, -0.15) is 5.10 Å². The van der Waals surface area contributed by atoms with Gasteiger partial charge >= 0.3 is 5.97 Å². The van der Waals surface area contributed by atoms with Crippen molar-refractivity contribution in [1.82, 2.24) is 24.4 Å². The SMILES string of the molecule is CCOC(=O)c1cnn2c1nnc1c(=O)n(-c3ccc(F)c(Cl)c3)ccc12. The lowest BCUT2D eigenvalue weighted by Crippen LogP contribution is -2.20. The molecule has 0 unspecified atom stereocenters. The molecule has 4 rings (SSSR count). The Bertz CT molecular complexity index is 1270. The van der Waals surface area contributed by atoms with E-state index < -0.39 is 17.3 Å². The van der Waals surface area contributed by atoms with E-state index in [-0.39, 0.29) is 28.4 Å². The van der Waals surface area contributed by atoms with E-state index in [9.17, 15) is 14.0 Å². The summed E-state index contributed by atoms with van der Waals surface area (Å²) in [7, 11) is 0. The molecule has 0 saturated carbocycles. The molecule has 0 aliphatic rings. The fourth-order valence-electron chi connectivity index (χ4n) is 2.68. The number of fused-ring (bicyclic) bond motifs is 3. The van der Waals surface area contributed by atoms with Gasteiger partial charge in [-0.25, -0.2) is 13.7 Å². The first kappa shape index (κ1) is 17.1. The highest BCUT2D eigenvalue weighted by atomic mass is 35.5. The minimum Gasteiger partial charge on any atom is -0.462 e. The Hall–Kier alpha value is -3.33. The molecule has 0 atom stereocenters. The van der Waals surface area contributed by atoms with E-state index in [4.69, 9.17) is 16.3 Å². The predicted molar refractivity (Wildman–Crippen MR) is 94.8 cm³/mol. The van der Waals surface area contributed by atoms with Crippen LogP contribution in [-0.4, -0.2) is 37.0 Å². The number of pyridine rings is 1. The topological polar surface area (TPSA) is 91.4 Å². The van der Waals surface area contributed by atoms with E-state index >= 15 is 0 Å². The Morgan fingerprint density at radius 1 is 1.30 bits per heavy atom. The second-order valence-corrected chi connectivity index (χ2v) is 5.94. The van der Waals surface area contributed by atoms with Gasteiger partial charge in [0.25, 0.3) is 5.56 Å². The highest BCUT2D eigenvalue weighted by molar-refractivity contribution is 6.30. The van der Waals surface area contributed by atoms with Crippen LogP contribution >= 0.6 is 11.6 Å². The van der Waals surface area contributed by atoms with Crippen LogP contribution in [0.3, 0.4) is 0 Å². The van der Waals surface area contributed by atoms with Gasteiger partial charge < -0.3 is 4.74 Å². The number of hydrogen-bond donors (Lipinski definition) is 0. The van der Waals surface area contributed by atoms with Crippen LogP contribution in [0.15, 0.2) is 41.5 Å². The summed E-state index contributed by atoms with van der Waals surface area (Å²) in [5, 5.41) is 11.9. The van der Waals surface area contributed by atoms with Gasteiger partial charge in [0.1, 0.15) is 16.9 Å². The number of ether oxygens (including phenoxy) is 1. The van der Waals surface area contributed by atoms with Crippen LogP contribution in [0, 0.1) is 5.82 Å². The Labute approximate surface area is 155 Å². The summed E-state index contributed by atoms with van der Waals surface area (Å²) < 4.78 is 20.9. The third kappa shape index (κ3) is 2.72.